The minimum Gasteiger partial charge on any atom is -0.463 e. The van der Waals surface area contributed by atoms with Crippen molar-refractivity contribution in [1.29, 1.82) is 0 Å². The number of ether oxygens (including phenoxy) is 1. The van der Waals surface area contributed by atoms with E-state index in [-0.39, 0.29) is 49.4 Å². The Morgan fingerprint density at radius 1 is 0.950 bits per heavy atom. The normalized spacial score (nSPS) is 16.9. The molecule has 0 bridgehead atoms. The molecule has 0 unspecified atom stereocenters. The van der Waals surface area contributed by atoms with E-state index < -0.39 is 12.0 Å². The van der Waals surface area contributed by atoms with Crippen molar-refractivity contribution in [3.05, 3.63) is 97.1 Å². The molecule has 2 aromatic carbocycles. The van der Waals surface area contributed by atoms with E-state index in [0.717, 1.165) is 24.0 Å². The summed E-state index contributed by atoms with van der Waals surface area (Å²) in [6.45, 7) is 8.06. The predicted molar refractivity (Wildman–Crippen MR) is 156 cm³/mol. The van der Waals surface area contributed by atoms with Gasteiger partial charge in [0.25, 0.3) is 0 Å². The van der Waals surface area contributed by atoms with Crippen molar-refractivity contribution < 1.29 is 24.2 Å². The van der Waals surface area contributed by atoms with Crippen LogP contribution >= 0.6 is 0 Å². The molecular weight excluding hydrogens is 504 g/mol. The number of hydrogen-bond acceptors (Lipinski definition) is 5. The van der Waals surface area contributed by atoms with Crippen molar-refractivity contribution in [2.45, 2.75) is 57.0 Å². The summed E-state index contributed by atoms with van der Waals surface area (Å²) in [5, 5.41) is 12.7. The number of rotatable bonds is 16. The fourth-order valence-electron chi connectivity index (χ4n) is 5.24. The zero-order valence-corrected chi connectivity index (χ0v) is 23.3. The van der Waals surface area contributed by atoms with Crippen LogP contribution in [-0.4, -0.2) is 59.6 Å². The van der Waals surface area contributed by atoms with Crippen molar-refractivity contribution in [1.82, 2.24) is 10.2 Å². The minimum atomic E-state index is -0.573. The van der Waals surface area contributed by atoms with Gasteiger partial charge in [-0.25, -0.2) is 0 Å². The van der Waals surface area contributed by atoms with Gasteiger partial charge in [-0.3, -0.25) is 14.4 Å². The average Bonchev–Trinajstić information content (AvgIpc) is 3.44. The van der Waals surface area contributed by atoms with Crippen LogP contribution in [0.25, 0.3) is 0 Å². The van der Waals surface area contributed by atoms with Crippen LogP contribution in [0.1, 0.15) is 43.2 Å². The van der Waals surface area contributed by atoms with E-state index in [1.165, 1.54) is 0 Å². The number of likely N-dealkylation sites (tertiary alicyclic amines) is 1. The summed E-state index contributed by atoms with van der Waals surface area (Å²) in [5.41, 5.74) is 2.07. The summed E-state index contributed by atoms with van der Waals surface area (Å²) >= 11 is 0. The highest BCUT2D eigenvalue weighted by molar-refractivity contribution is 5.86. The first-order valence-corrected chi connectivity index (χ1v) is 14.1. The maximum absolute atomic E-state index is 13.5. The summed E-state index contributed by atoms with van der Waals surface area (Å²) < 4.78 is 5.73. The molecule has 0 aliphatic carbocycles. The van der Waals surface area contributed by atoms with E-state index in [2.05, 4.69) is 18.5 Å². The van der Waals surface area contributed by atoms with Crippen molar-refractivity contribution in [2.75, 3.05) is 19.8 Å². The number of nitrogens with zero attached hydrogens (tertiary/aromatic N) is 1. The van der Waals surface area contributed by atoms with Gasteiger partial charge in [0.1, 0.15) is 6.61 Å². The third kappa shape index (κ3) is 9.49. The number of aliphatic hydroxyl groups is 1. The molecule has 1 saturated heterocycles. The summed E-state index contributed by atoms with van der Waals surface area (Å²) in [6, 6.07) is 18.8. The molecule has 1 fully saturated rings. The third-order valence-corrected chi connectivity index (χ3v) is 7.33. The molecule has 7 nitrogen and oxygen atoms in total. The fraction of sp³-hybridized carbons (Fsp3) is 0.424. The summed E-state index contributed by atoms with van der Waals surface area (Å²) in [6.07, 6.45) is 6.86. The van der Waals surface area contributed by atoms with Crippen molar-refractivity contribution in [3.63, 3.8) is 0 Å². The molecule has 40 heavy (non-hydrogen) atoms. The van der Waals surface area contributed by atoms with Gasteiger partial charge >= 0.3 is 5.97 Å². The number of benzene rings is 2. The molecule has 1 aliphatic rings. The van der Waals surface area contributed by atoms with E-state index in [0.29, 0.717) is 32.2 Å². The first kappa shape index (κ1) is 30.8. The lowest BCUT2D eigenvalue weighted by molar-refractivity contribution is -0.152. The number of amides is 2. The quantitative estimate of drug-likeness (QED) is 0.242. The van der Waals surface area contributed by atoms with E-state index in [1.54, 1.807) is 17.1 Å². The van der Waals surface area contributed by atoms with Crippen molar-refractivity contribution in [3.8, 4) is 0 Å². The summed E-state index contributed by atoms with van der Waals surface area (Å²) in [4.78, 5) is 41.1. The maximum Gasteiger partial charge on any atom is 0.309 e. The zero-order valence-electron chi connectivity index (χ0n) is 23.3. The van der Waals surface area contributed by atoms with Crippen LogP contribution < -0.4 is 5.32 Å². The molecule has 0 aromatic heterocycles. The van der Waals surface area contributed by atoms with Crippen LogP contribution in [0.5, 0.6) is 0 Å². The van der Waals surface area contributed by atoms with Gasteiger partial charge in [0, 0.05) is 13.0 Å². The number of esters is 1. The highest BCUT2D eigenvalue weighted by atomic mass is 16.5. The van der Waals surface area contributed by atoms with E-state index in [4.69, 9.17) is 4.74 Å². The second-order valence-corrected chi connectivity index (χ2v) is 10.4. The second kappa shape index (κ2) is 16.4. The third-order valence-electron chi connectivity index (χ3n) is 7.33. The molecule has 1 aliphatic heterocycles. The Bertz CT molecular complexity index is 1100. The van der Waals surface area contributed by atoms with Gasteiger partial charge in [-0.1, -0.05) is 72.8 Å². The molecule has 3 rings (SSSR count). The molecule has 214 valence electrons. The topological polar surface area (TPSA) is 95.9 Å². The molecule has 1 heterocycles. The number of allylic oxidation sites excluding steroid dienone is 2. The number of carbonyl (C=O) groups is 3. The van der Waals surface area contributed by atoms with E-state index in [1.807, 2.05) is 60.7 Å². The van der Waals surface area contributed by atoms with Gasteiger partial charge in [0.15, 0.2) is 0 Å². The van der Waals surface area contributed by atoms with Crippen LogP contribution in [0.4, 0.5) is 0 Å². The smallest absolute Gasteiger partial charge is 0.309 e. The Morgan fingerprint density at radius 3 is 2.15 bits per heavy atom. The Balaban J connectivity index is 1.56. The van der Waals surface area contributed by atoms with Crippen LogP contribution in [0.2, 0.25) is 0 Å². The molecule has 7 heteroatoms. The van der Waals surface area contributed by atoms with Gasteiger partial charge in [0.2, 0.25) is 11.8 Å². The number of carbonyl (C=O) groups excluding carboxylic acids is 3. The fourth-order valence-corrected chi connectivity index (χ4v) is 5.24. The maximum atomic E-state index is 13.5. The lowest BCUT2D eigenvalue weighted by Gasteiger charge is -2.29. The lowest BCUT2D eigenvalue weighted by Crippen LogP contribution is -2.45. The number of nitrogens with one attached hydrogen (secondary N) is 1. The Labute approximate surface area is 237 Å². The lowest BCUT2D eigenvalue weighted by atomic mass is 9.96. The minimum absolute atomic E-state index is 0.00235. The first-order valence-electron chi connectivity index (χ1n) is 14.1. The molecule has 2 aromatic rings. The zero-order chi connectivity index (χ0) is 28.7. The molecular formula is C33H42N2O5. The predicted octanol–water partition coefficient (Wildman–Crippen LogP) is 4.26. The van der Waals surface area contributed by atoms with Crippen LogP contribution in [-0.2, 0) is 32.0 Å². The molecule has 2 N–H and O–H groups in total. The first-order chi connectivity index (χ1) is 19.4. The standard InChI is InChI=1S/C33H42N2O5/c1-3-12-27(22-31(37)34-29(23-36)21-26-16-9-6-10-17-26)32(38)35-19-11-18-30(35)24-40-33(39)28(13-4-2)20-25-14-7-5-8-15-25/h3-10,14-17,27-30,36H,1-2,11-13,18-24H2,(H,34,37)/t27-,28-,29+,30+/m1/s1. The van der Waals surface area contributed by atoms with Gasteiger partial charge in [0.05, 0.1) is 30.5 Å². The van der Waals surface area contributed by atoms with E-state index >= 15 is 0 Å². The largest absolute Gasteiger partial charge is 0.463 e. The SMILES string of the molecule is C=CC[C@H](Cc1ccccc1)C(=O)OC[C@@H]1CCCN1C(=O)[C@H](CC=C)CC(=O)N[C@H](CO)Cc1ccccc1. The van der Waals surface area contributed by atoms with Crippen LogP contribution in [0.15, 0.2) is 86.0 Å². The van der Waals surface area contributed by atoms with Crippen LogP contribution in [0.3, 0.4) is 0 Å². The molecule has 2 amide bonds. The Hall–Kier alpha value is -3.71. The highest BCUT2D eigenvalue weighted by Gasteiger charge is 2.35. The molecule has 0 radical (unpaired) electrons. The average molecular weight is 547 g/mol. The molecule has 4 atom stereocenters. The number of aliphatic hydroxyl groups excluding tert-OH is 1. The van der Waals surface area contributed by atoms with Gasteiger partial charge in [-0.15, -0.1) is 13.2 Å². The second-order valence-electron chi connectivity index (χ2n) is 10.4. The Morgan fingerprint density at radius 2 is 1.55 bits per heavy atom. The Kier molecular flexibility index (Phi) is 12.6. The molecule has 0 saturated carbocycles. The monoisotopic (exact) mass is 546 g/mol. The van der Waals surface area contributed by atoms with Crippen molar-refractivity contribution >= 4 is 17.8 Å². The van der Waals surface area contributed by atoms with Gasteiger partial charge in [-0.2, -0.15) is 0 Å². The number of hydrogen-bond donors (Lipinski definition) is 2. The summed E-state index contributed by atoms with van der Waals surface area (Å²) in [7, 11) is 0. The highest BCUT2D eigenvalue weighted by Crippen LogP contribution is 2.24. The molecule has 0 spiro atoms. The van der Waals surface area contributed by atoms with Gasteiger partial charge < -0.3 is 20.1 Å². The van der Waals surface area contributed by atoms with Crippen molar-refractivity contribution in [2.24, 2.45) is 11.8 Å². The van der Waals surface area contributed by atoms with Crippen LogP contribution in [0, 0.1) is 11.8 Å². The summed E-state index contributed by atoms with van der Waals surface area (Å²) in [5.74, 6) is -1.62. The van der Waals surface area contributed by atoms with E-state index in [9.17, 15) is 19.5 Å². The van der Waals surface area contributed by atoms with Gasteiger partial charge in [-0.05, 0) is 49.7 Å².